The lowest BCUT2D eigenvalue weighted by Gasteiger charge is -2.35. The molecule has 35 heavy (non-hydrogen) atoms. The fraction of sp³-hybridized carbons (Fsp3) is 0.357. The maximum Gasteiger partial charge on any atom is 0.322 e. The first-order valence-corrected chi connectivity index (χ1v) is 13.8. The maximum atomic E-state index is 13.7. The van der Waals surface area contributed by atoms with Crippen molar-refractivity contribution in [3.05, 3.63) is 86.5 Å². The van der Waals surface area contributed by atoms with Crippen LogP contribution in [0.3, 0.4) is 0 Å². The van der Waals surface area contributed by atoms with Gasteiger partial charge in [0.05, 0.1) is 6.54 Å². The van der Waals surface area contributed by atoms with Crippen molar-refractivity contribution in [2.24, 2.45) is 0 Å². The summed E-state index contributed by atoms with van der Waals surface area (Å²) in [6, 6.07) is 19.5. The zero-order chi connectivity index (χ0) is 24.6. The average molecular weight is 555 g/mol. The number of benzene rings is 2. The van der Waals surface area contributed by atoms with E-state index in [1.54, 1.807) is 16.2 Å². The topological polar surface area (TPSA) is 52.7 Å². The summed E-state index contributed by atoms with van der Waals surface area (Å²) >= 11 is 5.11. The van der Waals surface area contributed by atoms with Crippen LogP contribution in [0.15, 0.2) is 70.5 Å². The van der Waals surface area contributed by atoms with Gasteiger partial charge in [-0.15, -0.1) is 11.3 Å². The second kappa shape index (κ2) is 12.4. The highest BCUT2D eigenvalue weighted by atomic mass is 79.9. The average Bonchev–Trinajstić information content (AvgIpc) is 3.28. The van der Waals surface area contributed by atoms with Gasteiger partial charge in [-0.2, -0.15) is 0 Å². The number of thiophene rings is 1. The summed E-state index contributed by atoms with van der Waals surface area (Å²) in [5.41, 5.74) is 3.00. The number of anilines is 1. The quantitative estimate of drug-likeness (QED) is 0.320. The Balaban J connectivity index is 1.54. The van der Waals surface area contributed by atoms with Crippen molar-refractivity contribution in [3.63, 3.8) is 0 Å². The maximum absolute atomic E-state index is 13.7. The lowest BCUT2D eigenvalue weighted by molar-refractivity contribution is -0.133. The summed E-state index contributed by atoms with van der Waals surface area (Å²) < 4.78 is 0.954. The summed E-state index contributed by atoms with van der Waals surface area (Å²) in [4.78, 5) is 32.0. The van der Waals surface area contributed by atoms with Crippen LogP contribution in [0.4, 0.5) is 10.5 Å². The van der Waals surface area contributed by atoms with Gasteiger partial charge < -0.3 is 15.1 Å². The molecule has 5 nitrogen and oxygen atoms in total. The van der Waals surface area contributed by atoms with E-state index in [0.717, 1.165) is 41.4 Å². The number of rotatable bonds is 8. The lowest BCUT2D eigenvalue weighted by Crippen LogP contribution is -2.49. The molecular formula is C28H32BrN3O2S. The molecule has 184 valence electrons. The third kappa shape index (κ3) is 7.18. The standard InChI is InChI=1S/C28H32BrN3O2S/c1-21-16-17-35-26(21)19-31(18-22-8-4-2-5-9-22)27(33)20-32(25-10-6-3-7-11-25)28(34)30-24-14-12-23(29)13-15-24/h2,4-5,8-9,12-17,25H,3,6-7,10-11,18-20H2,1H3,(H,30,34). The van der Waals surface area contributed by atoms with E-state index in [1.807, 2.05) is 59.5 Å². The Labute approximate surface area is 220 Å². The minimum absolute atomic E-state index is 0.0295. The Bertz CT molecular complexity index is 1110. The second-order valence-corrected chi connectivity index (χ2v) is 11.0. The molecule has 1 aliphatic carbocycles. The first-order valence-electron chi connectivity index (χ1n) is 12.2. The molecule has 0 aliphatic heterocycles. The van der Waals surface area contributed by atoms with Crippen LogP contribution in [-0.2, 0) is 17.9 Å². The van der Waals surface area contributed by atoms with E-state index in [0.29, 0.717) is 13.1 Å². The second-order valence-electron chi connectivity index (χ2n) is 9.12. The normalized spacial score (nSPS) is 13.9. The Kier molecular flexibility index (Phi) is 8.99. The first-order chi connectivity index (χ1) is 17.0. The van der Waals surface area contributed by atoms with Crippen LogP contribution in [0.25, 0.3) is 0 Å². The molecule has 0 unspecified atom stereocenters. The summed E-state index contributed by atoms with van der Waals surface area (Å²) in [6.07, 6.45) is 5.23. The summed E-state index contributed by atoms with van der Waals surface area (Å²) in [7, 11) is 0. The Morgan fingerprint density at radius 1 is 0.971 bits per heavy atom. The van der Waals surface area contributed by atoms with E-state index in [2.05, 4.69) is 39.6 Å². The highest BCUT2D eigenvalue weighted by Crippen LogP contribution is 2.25. The van der Waals surface area contributed by atoms with Crippen molar-refractivity contribution in [1.82, 2.24) is 9.80 Å². The van der Waals surface area contributed by atoms with E-state index in [1.165, 1.54) is 16.9 Å². The van der Waals surface area contributed by atoms with Crippen LogP contribution in [0.1, 0.15) is 48.1 Å². The molecule has 1 heterocycles. The number of urea groups is 1. The number of amides is 3. The molecule has 7 heteroatoms. The van der Waals surface area contributed by atoms with Gasteiger partial charge in [0.1, 0.15) is 6.54 Å². The number of nitrogens with one attached hydrogen (secondary N) is 1. The zero-order valence-corrected chi connectivity index (χ0v) is 22.5. The van der Waals surface area contributed by atoms with Gasteiger partial charge in [0.25, 0.3) is 0 Å². The van der Waals surface area contributed by atoms with Gasteiger partial charge in [-0.1, -0.05) is 65.5 Å². The molecule has 1 saturated carbocycles. The van der Waals surface area contributed by atoms with E-state index in [9.17, 15) is 9.59 Å². The van der Waals surface area contributed by atoms with E-state index in [-0.39, 0.29) is 24.5 Å². The van der Waals surface area contributed by atoms with Crippen LogP contribution < -0.4 is 5.32 Å². The number of carbonyl (C=O) groups is 2. The predicted octanol–water partition coefficient (Wildman–Crippen LogP) is 7.21. The molecule has 3 amide bonds. The van der Waals surface area contributed by atoms with Crippen LogP contribution in [0, 0.1) is 6.92 Å². The molecule has 0 radical (unpaired) electrons. The van der Waals surface area contributed by atoms with E-state index >= 15 is 0 Å². The fourth-order valence-corrected chi connectivity index (χ4v) is 5.69. The summed E-state index contributed by atoms with van der Waals surface area (Å²) in [5.74, 6) is -0.0295. The van der Waals surface area contributed by atoms with E-state index < -0.39 is 0 Å². The van der Waals surface area contributed by atoms with Crippen molar-refractivity contribution in [1.29, 1.82) is 0 Å². The predicted molar refractivity (Wildman–Crippen MR) is 146 cm³/mol. The summed E-state index contributed by atoms with van der Waals surface area (Å²) in [5, 5.41) is 5.08. The number of hydrogen-bond donors (Lipinski definition) is 1. The highest BCUT2D eigenvalue weighted by molar-refractivity contribution is 9.10. The molecule has 0 atom stereocenters. The SMILES string of the molecule is Cc1ccsc1CN(Cc1ccccc1)C(=O)CN(C(=O)Nc1ccc(Br)cc1)C1CCCCC1. The number of aryl methyl sites for hydroxylation is 1. The number of hydrogen-bond acceptors (Lipinski definition) is 3. The number of carbonyl (C=O) groups excluding carboxylic acids is 2. The molecule has 4 rings (SSSR count). The Morgan fingerprint density at radius 3 is 2.34 bits per heavy atom. The van der Waals surface area contributed by atoms with Crippen molar-refractivity contribution < 1.29 is 9.59 Å². The Morgan fingerprint density at radius 2 is 1.69 bits per heavy atom. The van der Waals surface area contributed by atoms with Crippen LogP contribution in [0.2, 0.25) is 0 Å². The van der Waals surface area contributed by atoms with Crippen molar-refractivity contribution in [2.45, 2.75) is 58.2 Å². The third-order valence-corrected chi connectivity index (χ3v) is 8.09. The number of halogens is 1. The van der Waals surface area contributed by atoms with Crippen molar-refractivity contribution in [3.8, 4) is 0 Å². The van der Waals surface area contributed by atoms with Gasteiger partial charge >= 0.3 is 6.03 Å². The van der Waals surface area contributed by atoms with Gasteiger partial charge in [0.2, 0.25) is 5.91 Å². The molecular weight excluding hydrogens is 522 g/mol. The molecule has 0 saturated heterocycles. The van der Waals surface area contributed by atoms with E-state index in [4.69, 9.17) is 0 Å². The monoisotopic (exact) mass is 553 g/mol. The molecule has 0 spiro atoms. The molecule has 2 aromatic carbocycles. The van der Waals surface area contributed by atoms with Crippen LogP contribution in [0.5, 0.6) is 0 Å². The minimum atomic E-state index is -0.209. The van der Waals surface area contributed by atoms with Gasteiger partial charge in [-0.05, 0) is 66.6 Å². The van der Waals surface area contributed by atoms with Crippen LogP contribution >= 0.6 is 27.3 Å². The molecule has 1 fully saturated rings. The van der Waals surface area contributed by atoms with Gasteiger partial charge in [0.15, 0.2) is 0 Å². The fourth-order valence-electron chi connectivity index (χ4n) is 4.51. The van der Waals surface area contributed by atoms with Crippen LogP contribution in [-0.4, -0.2) is 34.3 Å². The first kappa shape index (κ1) is 25.5. The van der Waals surface area contributed by atoms with Crippen molar-refractivity contribution in [2.75, 3.05) is 11.9 Å². The summed E-state index contributed by atoms with van der Waals surface area (Å²) in [6.45, 7) is 3.22. The highest BCUT2D eigenvalue weighted by Gasteiger charge is 2.29. The van der Waals surface area contributed by atoms with Gasteiger partial charge in [0, 0.05) is 27.6 Å². The zero-order valence-electron chi connectivity index (χ0n) is 20.1. The van der Waals surface area contributed by atoms with Crippen molar-refractivity contribution >= 4 is 44.9 Å². The number of nitrogens with zero attached hydrogens (tertiary/aromatic N) is 2. The molecule has 1 N–H and O–H groups in total. The third-order valence-electron chi connectivity index (χ3n) is 6.55. The smallest absolute Gasteiger partial charge is 0.322 e. The van der Waals surface area contributed by atoms with Gasteiger partial charge in [-0.25, -0.2) is 4.79 Å². The Hall–Kier alpha value is -2.64. The molecule has 3 aromatic rings. The van der Waals surface area contributed by atoms with Gasteiger partial charge in [-0.3, -0.25) is 4.79 Å². The molecule has 1 aliphatic rings. The molecule has 0 bridgehead atoms. The lowest BCUT2D eigenvalue weighted by atomic mass is 9.94. The molecule has 1 aromatic heterocycles. The largest absolute Gasteiger partial charge is 0.332 e. The minimum Gasteiger partial charge on any atom is -0.332 e.